The summed E-state index contributed by atoms with van der Waals surface area (Å²) in [4.78, 5) is 72.9. The molecule has 0 aliphatic carbocycles. The zero-order chi connectivity index (χ0) is 30.7. The maximum absolute atomic E-state index is 12.7. The molecular formula is C28H28N4O12. The Labute approximate surface area is 249 Å². The zero-order valence-electron chi connectivity index (χ0n) is 23.3. The maximum atomic E-state index is 12.7. The molecule has 1 saturated heterocycles. The molecule has 4 aromatic rings. The Morgan fingerprint density at radius 2 is 0.614 bits per heavy atom. The normalized spacial score (nSPS) is 16.4. The summed E-state index contributed by atoms with van der Waals surface area (Å²) in [5.41, 5.74) is 0. The van der Waals surface area contributed by atoms with Crippen molar-refractivity contribution in [2.24, 2.45) is 0 Å². The van der Waals surface area contributed by atoms with Gasteiger partial charge in [-0.3, -0.25) is 0 Å². The Morgan fingerprint density at radius 1 is 0.409 bits per heavy atom. The van der Waals surface area contributed by atoms with Gasteiger partial charge in [0, 0.05) is 0 Å². The molecule has 5 rings (SSSR count). The lowest BCUT2D eigenvalue weighted by Gasteiger charge is -2.31. The van der Waals surface area contributed by atoms with Crippen molar-refractivity contribution in [2.75, 3.05) is 52.4 Å². The Kier molecular flexibility index (Phi) is 10.2. The molecule has 44 heavy (non-hydrogen) atoms. The lowest BCUT2D eigenvalue weighted by Crippen LogP contribution is -2.47. The smallest absolute Gasteiger partial charge is 0.393 e. The molecule has 0 aromatic carbocycles. The standard InChI is InChI=1S/C28H28N4O12/c33-25(21-5-1-17-37-21)41-29-9-11-30(42-26(34)22-6-2-18-38-22)13-15-32(44-28(36)24-8-4-20-40-24)16-14-31(12-10-29)43-27(35)23-7-3-19-39-23/h1-8,17-20H,9-16H2. The first-order valence-electron chi connectivity index (χ1n) is 13.5. The quantitative estimate of drug-likeness (QED) is 0.284. The second-order valence-corrected chi connectivity index (χ2v) is 9.14. The van der Waals surface area contributed by atoms with Crippen LogP contribution < -0.4 is 0 Å². The van der Waals surface area contributed by atoms with Crippen molar-refractivity contribution < 1.29 is 56.2 Å². The molecule has 16 nitrogen and oxygen atoms in total. The van der Waals surface area contributed by atoms with Gasteiger partial charge in [-0.05, 0) is 48.5 Å². The Hall–Kier alpha value is -5.16. The van der Waals surface area contributed by atoms with Crippen LogP contribution in [-0.4, -0.2) is 96.5 Å². The molecule has 5 heterocycles. The van der Waals surface area contributed by atoms with E-state index >= 15 is 0 Å². The summed E-state index contributed by atoms with van der Waals surface area (Å²) in [6, 6.07) is 12.0. The minimum absolute atomic E-state index is 0.0210. The van der Waals surface area contributed by atoms with Crippen molar-refractivity contribution in [3.63, 3.8) is 0 Å². The predicted octanol–water partition coefficient (Wildman–Crippen LogP) is 2.67. The van der Waals surface area contributed by atoms with E-state index < -0.39 is 23.9 Å². The van der Waals surface area contributed by atoms with Crippen molar-refractivity contribution in [3.8, 4) is 0 Å². The summed E-state index contributed by atoms with van der Waals surface area (Å²) in [6.07, 6.45) is 5.35. The van der Waals surface area contributed by atoms with Crippen LogP contribution in [0.3, 0.4) is 0 Å². The van der Waals surface area contributed by atoms with E-state index in [1.807, 2.05) is 0 Å². The molecule has 0 saturated carbocycles. The molecule has 0 atom stereocenters. The summed E-state index contributed by atoms with van der Waals surface area (Å²) in [5.74, 6) is -3.10. The van der Waals surface area contributed by atoms with Gasteiger partial charge in [0.05, 0.1) is 77.4 Å². The second-order valence-electron chi connectivity index (χ2n) is 9.14. The number of carbonyl (C=O) groups is 4. The Balaban J connectivity index is 1.33. The van der Waals surface area contributed by atoms with Crippen molar-refractivity contribution in [2.45, 2.75) is 0 Å². The molecule has 1 aliphatic rings. The molecule has 0 unspecified atom stereocenters. The summed E-state index contributed by atoms with van der Waals surface area (Å²) < 4.78 is 20.6. The van der Waals surface area contributed by atoms with Crippen LogP contribution >= 0.6 is 0 Å². The molecule has 0 spiro atoms. The van der Waals surface area contributed by atoms with Gasteiger partial charge in [0.15, 0.2) is 0 Å². The van der Waals surface area contributed by atoms with Crippen LogP contribution in [0.2, 0.25) is 0 Å². The van der Waals surface area contributed by atoms with Crippen molar-refractivity contribution in [3.05, 3.63) is 96.6 Å². The van der Waals surface area contributed by atoms with Gasteiger partial charge in [-0.1, -0.05) is 0 Å². The number of furan rings is 4. The van der Waals surface area contributed by atoms with E-state index in [9.17, 15) is 19.2 Å². The summed E-state index contributed by atoms with van der Waals surface area (Å²) in [5, 5.41) is 5.29. The SMILES string of the molecule is O=C(ON1CCN(OC(=O)c2ccco2)CCN(OC(=O)c2ccco2)CCN(OC(=O)c2ccco2)CC1)c1ccco1. The molecule has 0 radical (unpaired) electrons. The van der Waals surface area contributed by atoms with E-state index in [1.54, 1.807) is 24.3 Å². The largest absolute Gasteiger partial charge is 0.457 e. The molecule has 1 aliphatic heterocycles. The molecule has 1 fully saturated rings. The van der Waals surface area contributed by atoms with Gasteiger partial charge in [-0.2, -0.15) is 0 Å². The third kappa shape index (κ3) is 8.45. The third-order valence-corrected chi connectivity index (χ3v) is 6.13. The average Bonchev–Trinajstić information content (AvgIpc) is 3.85. The number of hydrogen-bond acceptors (Lipinski definition) is 16. The monoisotopic (exact) mass is 612 g/mol. The Morgan fingerprint density at radius 3 is 0.773 bits per heavy atom. The lowest BCUT2D eigenvalue weighted by molar-refractivity contribution is -0.189. The van der Waals surface area contributed by atoms with E-state index in [-0.39, 0.29) is 75.4 Å². The topological polar surface area (TPSA) is 171 Å². The first kappa shape index (κ1) is 30.3. The molecular weight excluding hydrogens is 584 g/mol. The van der Waals surface area contributed by atoms with Crippen LogP contribution in [0.4, 0.5) is 0 Å². The number of hydrogen-bond donors (Lipinski definition) is 0. The van der Waals surface area contributed by atoms with Crippen LogP contribution in [0.1, 0.15) is 42.2 Å². The highest BCUT2D eigenvalue weighted by atomic mass is 16.7. The van der Waals surface area contributed by atoms with Crippen LogP contribution in [0.5, 0.6) is 0 Å². The predicted molar refractivity (Wildman–Crippen MR) is 143 cm³/mol. The minimum Gasteiger partial charge on any atom is -0.457 e. The third-order valence-electron chi connectivity index (χ3n) is 6.13. The highest BCUT2D eigenvalue weighted by Gasteiger charge is 2.26. The fourth-order valence-corrected chi connectivity index (χ4v) is 3.93. The van der Waals surface area contributed by atoms with E-state index in [4.69, 9.17) is 37.0 Å². The van der Waals surface area contributed by atoms with Crippen LogP contribution in [-0.2, 0) is 19.4 Å². The van der Waals surface area contributed by atoms with Gasteiger partial charge in [0.25, 0.3) is 0 Å². The minimum atomic E-state index is -0.753. The van der Waals surface area contributed by atoms with E-state index in [0.717, 1.165) is 0 Å². The molecule has 232 valence electrons. The Bertz CT molecular complexity index is 1230. The molecule has 4 aromatic heterocycles. The van der Waals surface area contributed by atoms with Crippen LogP contribution in [0, 0.1) is 0 Å². The van der Waals surface area contributed by atoms with E-state index in [1.165, 1.54) is 69.6 Å². The molecule has 0 N–H and O–H groups in total. The number of carbonyl (C=O) groups excluding carboxylic acids is 4. The van der Waals surface area contributed by atoms with Gasteiger partial charge >= 0.3 is 23.9 Å². The van der Waals surface area contributed by atoms with E-state index in [2.05, 4.69) is 0 Å². The average molecular weight is 613 g/mol. The van der Waals surface area contributed by atoms with Crippen LogP contribution in [0.15, 0.2) is 91.3 Å². The van der Waals surface area contributed by atoms with Gasteiger partial charge in [-0.25, -0.2) is 19.2 Å². The fraction of sp³-hybridized carbons (Fsp3) is 0.286. The number of rotatable bonds is 8. The van der Waals surface area contributed by atoms with Gasteiger partial charge in [0.1, 0.15) is 0 Å². The summed E-state index contributed by atoms with van der Waals surface area (Å²) in [6.45, 7) is 0.365. The van der Waals surface area contributed by atoms with Crippen molar-refractivity contribution in [1.82, 2.24) is 20.3 Å². The van der Waals surface area contributed by atoms with Crippen molar-refractivity contribution in [1.29, 1.82) is 0 Å². The first-order valence-corrected chi connectivity index (χ1v) is 13.5. The van der Waals surface area contributed by atoms with Gasteiger partial charge in [0.2, 0.25) is 23.0 Å². The number of hydroxylamine groups is 8. The van der Waals surface area contributed by atoms with Crippen molar-refractivity contribution >= 4 is 23.9 Å². The summed E-state index contributed by atoms with van der Waals surface area (Å²) >= 11 is 0. The zero-order valence-corrected chi connectivity index (χ0v) is 23.3. The molecule has 16 heteroatoms. The highest BCUT2D eigenvalue weighted by molar-refractivity contribution is 5.87. The van der Waals surface area contributed by atoms with Gasteiger partial charge < -0.3 is 37.0 Å². The van der Waals surface area contributed by atoms with E-state index in [0.29, 0.717) is 0 Å². The number of nitrogens with zero attached hydrogens (tertiary/aromatic N) is 4. The van der Waals surface area contributed by atoms with Gasteiger partial charge in [-0.15, -0.1) is 20.3 Å². The highest BCUT2D eigenvalue weighted by Crippen LogP contribution is 2.12. The first-order chi connectivity index (χ1) is 21.4. The van der Waals surface area contributed by atoms with Crippen LogP contribution in [0.25, 0.3) is 0 Å². The lowest BCUT2D eigenvalue weighted by atomic mass is 10.4. The fourth-order valence-electron chi connectivity index (χ4n) is 3.93. The molecule has 0 amide bonds. The second kappa shape index (κ2) is 14.8. The maximum Gasteiger partial charge on any atom is 0.393 e. The summed E-state index contributed by atoms with van der Waals surface area (Å²) in [7, 11) is 0. The molecule has 0 bridgehead atoms.